The SMILES string of the molecule is O=C(c1ccc([N+](=O)[O-])cc1)N(Cc1ccccc1Cl)N1C(=O)[C@H]2[C@H](C1=O)[C@@]1(Cl)C(Cl)=C(Cl)[C@@]2(Cl)C1(Cl)Cl. The van der Waals surface area contributed by atoms with E-state index in [1.54, 1.807) is 24.3 Å². The highest BCUT2D eigenvalue weighted by molar-refractivity contribution is 6.66. The predicted octanol–water partition coefficient (Wildman–Crippen LogP) is 6.25. The lowest BCUT2D eigenvalue weighted by Crippen LogP contribution is -2.55. The van der Waals surface area contributed by atoms with Crippen molar-refractivity contribution in [2.24, 2.45) is 11.8 Å². The number of fused-ring (bicyclic) bond motifs is 5. The highest BCUT2D eigenvalue weighted by Gasteiger charge is 2.88. The average molecular weight is 659 g/mol. The fourth-order valence-electron chi connectivity index (χ4n) is 5.11. The highest BCUT2D eigenvalue weighted by atomic mass is 35.5. The van der Waals surface area contributed by atoms with E-state index < -0.39 is 48.6 Å². The standard InChI is InChI=1S/C23H12Cl7N3O5/c24-13-4-2-1-3-11(13)9-31(18(34)10-5-7-12(8-6-10)33(37)38)32-19(35)14-15(20(32)36)22(28)17(26)16(25)21(14,27)23(22,29)30/h1-8,14-15H,9H2/t14-,15-,21-,22-/m1/s1. The van der Waals surface area contributed by atoms with Gasteiger partial charge in [0.25, 0.3) is 23.4 Å². The van der Waals surface area contributed by atoms with Crippen molar-refractivity contribution >= 4 is 105 Å². The zero-order valence-electron chi connectivity index (χ0n) is 18.5. The van der Waals surface area contributed by atoms with Crippen molar-refractivity contribution in [1.82, 2.24) is 10.0 Å². The molecule has 4 atom stereocenters. The minimum absolute atomic E-state index is 0.0531. The number of hydrazine groups is 1. The van der Waals surface area contributed by atoms with Crippen molar-refractivity contribution in [3.63, 3.8) is 0 Å². The van der Waals surface area contributed by atoms with E-state index in [1.807, 2.05) is 0 Å². The fourth-order valence-corrected chi connectivity index (χ4v) is 8.24. The number of carbonyl (C=O) groups excluding carboxylic acids is 3. The third-order valence-electron chi connectivity index (χ3n) is 6.96. The van der Waals surface area contributed by atoms with Crippen LogP contribution in [-0.4, -0.2) is 46.7 Å². The number of hydrogen-bond acceptors (Lipinski definition) is 5. The van der Waals surface area contributed by atoms with E-state index in [4.69, 9.17) is 81.2 Å². The monoisotopic (exact) mass is 655 g/mol. The Morgan fingerprint density at radius 2 is 1.39 bits per heavy atom. The van der Waals surface area contributed by atoms with Gasteiger partial charge in [0, 0.05) is 22.7 Å². The quantitative estimate of drug-likeness (QED) is 0.164. The van der Waals surface area contributed by atoms with E-state index in [2.05, 4.69) is 0 Å². The molecule has 1 aliphatic heterocycles. The molecule has 8 nitrogen and oxygen atoms in total. The average Bonchev–Trinajstić information content (AvgIpc) is 3.26. The van der Waals surface area contributed by atoms with Crippen LogP contribution in [0.3, 0.4) is 0 Å². The summed E-state index contributed by atoms with van der Waals surface area (Å²) in [6, 6.07) is 11.1. The second kappa shape index (κ2) is 9.13. The molecular formula is C23H12Cl7N3O5. The Bertz CT molecular complexity index is 1420. The Kier molecular flexibility index (Phi) is 6.67. The fraction of sp³-hybridized carbons (Fsp3) is 0.261. The molecule has 1 saturated heterocycles. The topological polar surface area (TPSA) is 101 Å². The van der Waals surface area contributed by atoms with Crippen LogP contribution in [0.1, 0.15) is 15.9 Å². The Labute approximate surface area is 250 Å². The van der Waals surface area contributed by atoms with Gasteiger partial charge in [-0.15, -0.1) is 23.2 Å². The first-order valence-electron chi connectivity index (χ1n) is 10.7. The van der Waals surface area contributed by atoms with Crippen LogP contribution < -0.4 is 0 Å². The molecule has 2 aromatic carbocycles. The number of nitrogens with zero attached hydrogens (tertiary/aromatic N) is 3. The molecule has 2 aromatic rings. The normalized spacial score (nSPS) is 29.2. The van der Waals surface area contributed by atoms with Crippen molar-refractivity contribution in [3.05, 3.63) is 84.9 Å². The van der Waals surface area contributed by atoms with Gasteiger partial charge in [-0.05, 0) is 23.8 Å². The number of amides is 3. The number of halogens is 7. The van der Waals surface area contributed by atoms with E-state index in [0.29, 0.717) is 10.6 Å². The lowest BCUT2D eigenvalue weighted by molar-refractivity contribution is -0.384. The Hall–Kier alpha value is -1.78. The number of non-ortho nitro benzene ring substituents is 1. The van der Waals surface area contributed by atoms with Gasteiger partial charge < -0.3 is 0 Å². The van der Waals surface area contributed by atoms with Crippen LogP contribution in [0.15, 0.2) is 58.6 Å². The molecule has 198 valence electrons. The molecule has 3 aliphatic rings. The van der Waals surface area contributed by atoms with Gasteiger partial charge in [-0.2, -0.15) is 5.01 Å². The number of rotatable bonds is 5. The molecule has 0 spiro atoms. The predicted molar refractivity (Wildman–Crippen MR) is 144 cm³/mol. The van der Waals surface area contributed by atoms with Crippen LogP contribution in [0.2, 0.25) is 5.02 Å². The van der Waals surface area contributed by atoms with E-state index in [-0.39, 0.29) is 32.9 Å². The number of allylic oxidation sites excluding steroid dienone is 2. The first kappa shape index (κ1) is 27.8. The number of imide groups is 1. The minimum atomic E-state index is -2.14. The Morgan fingerprint density at radius 1 is 0.895 bits per heavy atom. The summed E-state index contributed by atoms with van der Waals surface area (Å²) in [5.74, 6) is -5.63. The van der Waals surface area contributed by atoms with Gasteiger partial charge >= 0.3 is 0 Å². The van der Waals surface area contributed by atoms with Crippen LogP contribution in [-0.2, 0) is 16.1 Å². The van der Waals surface area contributed by atoms with Crippen LogP contribution in [0.4, 0.5) is 5.69 Å². The Morgan fingerprint density at radius 3 is 1.87 bits per heavy atom. The molecule has 5 rings (SSSR count). The summed E-state index contributed by atoms with van der Waals surface area (Å²) < 4.78 is -2.14. The molecule has 0 unspecified atom stereocenters. The number of carbonyl (C=O) groups is 3. The van der Waals surface area contributed by atoms with Gasteiger partial charge in [0.2, 0.25) is 0 Å². The summed E-state index contributed by atoms with van der Waals surface area (Å²) in [5, 5.41) is 12.2. The smallest absolute Gasteiger partial charge is 0.272 e. The van der Waals surface area contributed by atoms with E-state index in [1.165, 1.54) is 12.1 Å². The summed E-state index contributed by atoms with van der Waals surface area (Å²) >= 11 is 45.6. The molecule has 2 fully saturated rings. The molecule has 2 bridgehead atoms. The first-order valence-corrected chi connectivity index (χ1v) is 13.3. The largest absolute Gasteiger partial charge is 0.273 e. The Balaban J connectivity index is 1.61. The lowest BCUT2D eigenvalue weighted by atomic mass is 9.84. The van der Waals surface area contributed by atoms with Crippen molar-refractivity contribution in [3.8, 4) is 0 Å². The van der Waals surface area contributed by atoms with Crippen molar-refractivity contribution < 1.29 is 19.3 Å². The number of nitro benzene ring substituents is 1. The third-order valence-corrected chi connectivity index (χ3v) is 11.6. The maximum atomic E-state index is 13.9. The minimum Gasteiger partial charge on any atom is -0.272 e. The van der Waals surface area contributed by atoms with Crippen molar-refractivity contribution in [1.29, 1.82) is 0 Å². The van der Waals surface area contributed by atoms with Crippen LogP contribution in [0.5, 0.6) is 0 Å². The molecule has 0 N–H and O–H groups in total. The highest BCUT2D eigenvalue weighted by Crippen LogP contribution is 2.77. The van der Waals surface area contributed by atoms with Crippen LogP contribution >= 0.6 is 81.2 Å². The van der Waals surface area contributed by atoms with Crippen LogP contribution in [0.25, 0.3) is 0 Å². The molecule has 38 heavy (non-hydrogen) atoms. The van der Waals surface area contributed by atoms with Gasteiger partial charge in [-0.3, -0.25) is 24.5 Å². The summed E-state index contributed by atoms with van der Waals surface area (Å²) in [6.07, 6.45) is 0. The lowest BCUT2D eigenvalue weighted by Gasteiger charge is -2.37. The van der Waals surface area contributed by atoms with Crippen molar-refractivity contribution in [2.75, 3.05) is 0 Å². The number of alkyl halides is 4. The molecule has 0 aromatic heterocycles. The maximum Gasteiger partial charge on any atom is 0.273 e. The van der Waals surface area contributed by atoms with Gasteiger partial charge in [0.1, 0.15) is 9.75 Å². The van der Waals surface area contributed by atoms with Gasteiger partial charge in [0.05, 0.1) is 33.4 Å². The molecule has 15 heteroatoms. The molecule has 3 amide bonds. The summed E-state index contributed by atoms with van der Waals surface area (Å²) in [5.41, 5.74) is 0.0786. The van der Waals surface area contributed by atoms with Crippen LogP contribution in [0, 0.1) is 22.0 Å². The number of hydrogen-bond donors (Lipinski definition) is 0. The molecule has 0 radical (unpaired) electrons. The second-order valence-electron chi connectivity index (χ2n) is 8.83. The summed E-state index contributed by atoms with van der Waals surface area (Å²) in [4.78, 5) is 47.8. The van der Waals surface area contributed by atoms with E-state index in [0.717, 1.165) is 17.1 Å². The summed E-state index contributed by atoms with van der Waals surface area (Å²) in [6.45, 7) is -0.335. The second-order valence-corrected chi connectivity index (χ2v) is 12.5. The van der Waals surface area contributed by atoms with Gasteiger partial charge in [-0.1, -0.05) is 76.2 Å². The van der Waals surface area contributed by atoms with E-state index in [9.17, 15) is 24.5 Å². The third kappa shape index (κ3) is 3.41. The molecule has 1 saturated carbocycles. The zero-order valence-corrected chi connectivity index (χ0v) is 23.8. The molecule has 1 heterocycles. The van der Waals surface area contributed by atoms with Gasteiger partial charge in [0.15, 0.2) is 4.33 Å². The number of nitro groups is 1. The van der Waals surface area contributed by atoms with E-state index >= 15 is 0 Å². The molecule has 2 aliphatic carbocycles. The molecular weight excluding hydrogens is 646 g/mol. The van der Waals surface area contributed by atoms with Crippen molar-refractivity contribution in [2.45, 2.75) is 20.6 Å². The first-order chi connectivity index (χ1) is 17.7. The summed E-state index contributed by atoms with van der Waals surface area (Å²) in [7, 11) is 0. The van der Waals surface area contributed by atoms with Gasteiger partial charge in [-0.25, -0.2) is 5.01 Å². The number of benzene rings is 2. The zero-order chi connectivity index (χ0) is 27.9. The maximum absolute atomic E-state index is 13.9.